The van der Waals surface area contributed by atoms with E-state index in [9.17, 15) is 9.59 Å². The average Bonchev–Trinajstić information content (AvgIpc) is 3.41. The van der Waals surface area contributed by atoms with Crippen LogP contribution >= 0.6 is 38.9 Å². The number of halogens is 2. The second-order valence-corrected chi connectivity index (χ2v) is 8.99. The molecule has 0 fully saturated rings. The van der Waals surface area contributed by atoms with Crippen molar-refractivity contribution in [3.8, 4) is 0 Å². The summed E-state index contributed by atoms with van der Waals surface area (Å²) in [6.45, 7) is 4.27. The largest absolute Gasteiger partial charge is 0.465 e. The van der Waals surface area contributed by atoms with Crippen LogP contribution in [0.5, 0.6) is 0 Å². The molecule has 0 saturated heterocycles. The van der Waals surface area contributed by atoms with Crippen molar-refractivity contribution in [2.45, 2.75) is 20.5 Å². The Balaban J connectivity index is 1.51. The molecule has 4 rings (SSSR count). The quantitative estimate of drug-likeness (QED) is 0.378. The summed E-state index contributed by atoms with van der Waals surface area (Å²) < 4.78 is 9.93. The number of aryl methyl sites for hydroxylation is 1. The van der Waals surface area contributed by atoms with Gasteiger partial charge in [-0.1, -0.05) is 11.6 Å². The Morgan fingerprint density at radius 3 is 2.71 bits per heavy atom. The number of nitrogens with zero attached hydrogens (tertiary/aromatic N) is 4. The summed E-state index contributed by atoms with van der Waals surface area (Å²) in [5.74, 6) is -0.833. The van der Waals surface area contributed by atoms with Crippen LogP contribution in [0, 0.1) is 13.8 Å². The van der Waals surface area contributed by atoms with E-state index in [2.05, 4.69) is 31.4 Å². The van der Waals surface area contributed by atoms with Crippen LogP contribution in [-0.2, 0) is 11.4 Å². The van der Waals surface area contributed by atoms with Gasteiger partial charge in [0.1, 0.15) is 11.5 Å². The number of carbonyl (C=O) groups is 2. The number of nitrogens with one attached hydrogen (secondary N) is 1. The zero-order valence-electron chi connectivity index (χ0n) is 16.8. The van der Waals surface area contributed by atoms with E-state index in [0.29, 0.717) is 22.3 Å². The van der Waals surface area contributed by atoms with E-state index >= 15 is 0 Å². The third-order valence-electron chi connectivity index (χ3n) is 4.70. The fourth-order valence-electron chi connectivity index (χ4n) is 3.07. The minimum atomic E-state index is -0.489. The lowest BCUT2D eigenvalue weighted by Gasteiger charge is -2.05. The first kappa shape index (κ1) is 21.5. The van der Waals surface area contributed by atoms with Crippen LogP contribution in [0.4, 0.5) is 5.69 Å². The highest BCUT2D eigenvalue weighted by Crippen LogP contribution is 2.37. The lowest BCUT2D eigenvalue weighted by molar-refractivity contribution is 0.0606. The molecule has 160 valence electrons. The van der Waals surface area contributed by atoms with E-state index < -0.39 is 5.97 Å². The summed E-state index contributed by atoms with van der Waals surface area (Å²) in [4.78, 5) is 24.8. The Labute approximate surface area is 194 Å². The van der Waals surface area contributed by atoms with E-state index in [1.807, 2.05) is 18.5 Å². The van der Waals surface area contributed by atoms with Crippen molar-refractivity contribution in [1.82, 2.24) is 19.6 Å². The van der Waals surface area contributed by atoms with Gasteiger partial charge in [0.25, 0.3) is 5.91 Å². The molecular formula is C20H17BrClN5O3S. The van der Waals surface area contributed by atoms with Gasteiger partial charge in [0, 0.05) is 22.0 Å². The molecule has 0 aliphatic rings. The highest BCUT2D eigenvalue weighted by atomic mass is 79.9. The maximum atomic E-state index is 12.7. The van der Waals surface area contributed by atoms with Crippen LogP contribution in [0.1, 0.15) is 31.5 Å². The first-order chi connectivity index (χ1) is 14.8. The van der Waals surface area contributed by atoms with Crippen molar-refractivity contribution in [3.05, 3.63) is 61.9 Å². The SMILES string of the molecule is COC(=O)c1sc2cc(NC(=O)c3ccn(Cn4nc(C)c(Br)c4C)n3)ccc2c1Cl. The van der Waals surface area contributed by atoms with Gasteiger partial charge in [0.2, 0.25) is 0 Å². The van der Waals surface area contributed by atoms with E-state index in [1.54, 1.807) is 35.1 Å². The molecule has 0 aliphatic heterocycles. The van der Waals surface area contributed by atoms with Crippen molar-refractivity contribution < 1.29 is 14.3 Å². The first-order valence-corrected chi connectivity index (χ1v) is 11.1. The van der Waals surface area contributed by atoms with Gasteiger partial charge in [-0.05, 0) is 54.0 Å². The third kappa shape index (κ3) is 4.10. The summed E-state index contributed by atoms with van der Waals surface area (Å²) in [6.07, 6.45) is 1.73. The molecule has 3 heterocycles. The highest BCUT2D eigenvalue weighted by Gasteiger charge is 2.18. The van der Waals surface area contributed by atoms with Gasteiger partial charge in [-0.2, -0.15) is 10.2 Å². The molecule has 0 unspecified atom stereocenters. The summed E-state index contributed by atoms with van der Waals surface area (Å²) in [5.41, 5.74) is 2.72. The van der Waals surface area contributed by atoms with E-state index in [-0.39, 0.29) is 11.6 Å². The maximum absolute atomic E-state index is 12.7. The monoisotopic (exact) mass is 521 g/mol. The number of carbonyl (C=O) groups excluding carboxylic acids is 2. The predicted molar refractivity (Wildman–Crippen MR) is 123 cm³/mol. The number of thiophene rings is 1. The molecule has 1 aromatic carbocycles. The second kappa shape index (κ2) is 8.45. The predicted octanol–water partition coefficient (Wildman–Crippen LogP) is 4.87. The summed E-state index contributed by atoms with van der Waals surface area (Å²) in [7, 11) is 1.31. The van der Waals surface area contributed by atoms with E-state index in [1.165, 1.54) is 18.4 Å². The van der Waals surface area contributed by atoms with Crippen molar-refractivity contribution in [1.29, 1.82) is 0 Å². The zero-order chi connectivity index (χ0) is 22.3. The number of benzene rings is 1. The number of rotatable bonds is 5. The lowest BCUT2D eigenvalue weighted by Crippen LogP contribution is -2.15. The topological polar surface area (TPSA) is 91.0 Å². The highest BCUT2D eigenvalue weighted by molar-refractivity contribution is 9.10. The Morgan fingerprint density at radius 1 is 1.26 bits per heavy atom. The van der Waals surface area contributed by atoms with Crippen LogP contribution in [0.25, 0.3) is 10.1 Å². The van der Waals surface area contributed by atoms with Crippen molar-refractivity contribution in [3.63, 3.8) is 0 Å². The molecule has 8 nitrogen and oxygen atoms in total. The van der Waals surface area contributed by atoms with Crippen LogP contribution < -0.4 is 5.32 Å². The molecule has 11 heteroatoms. The Bertz CT molecular complexity index is 1330. The van der Waals surface area contributed by atoms with Crippen molar-refractivity contribution in [2.24, 2.45) is 0 Å². The number of hydrogen-bond acceptors (Lipinski definition) is 6. The molecule has 1 amide bonds. The van der Waals surface area contributed by atoms with Gasteiger partial charge in [0.05, 0.1) is 28.0 Å². The second-order valence-electron chi connectivity index (χ2n) is 6.77. The maximum Gasteiger partial charge on any atom is 0.349 e. The normalized spacial score (nSPS) is 11.1. The van der Waals surface area contributed by atoms with Crippen LogP contribution in [0.3, 0.4) is 0 Å². The Hall–Kier alpha value is -2.69. The van der Waals surface area contributed by atoms with Crippen molar-refractivity contribution in [2.75, 3.05) is 12.4 Å². The van der Waals surface area contributed by atoms with Gasteiger partial charge in [-0.15, -0.1) is 11.3 Å². The molecule has 4 aromatic rings. The van der Waals surface area contributed by atoms with Crippen LogP contribution in [0.2, 0.25) is 5.02 Å². The lowest BCUT2D eigenvalue weighted by atomic mass is 10.2. The van der Waals surface area contributed by atoms with Gasteiger partial charge >= 0.3 is 5.97 Å². The molecule has 31 heavy (non-hydrogen) atoms. The number of amides is 1. The smallest absolute Gasteiger partial charge is 0.349 e. The van der Waals surface area contributed by atoms with Crippen LogP contribution in [0.15, 0.2) is 34.9 Å². The number of esters is 1. The third-order valence-corrected chi connectivity index (χ3v) is 7.49. The average molecular weight is 523 g/mol. The number of aromatic nitrogens is 4. The molecule has 0 radical (unpaired) electrons. The number of fused-ring (bicyclic) bond motifs is 1. The zero-order valence-corrected chi connectivity index (χ0v) is 19.9. The van der Waals surface area contributed by atoms with Crippen LogP contribution in [-0.4, -0.2) is 38.5 Å². The summed E-state index contributed by atoms with van der Waals surface area (Å²) in [6, 6.07) is 6.90. The number of methoxy groups -OCH3 is 1. The standard InChI is InChI=1S/C20H17BrClN5O3S/c1-10-16(21)11(2)27(24-10)9-26-7-6-14(25-26)19(28)23-12-4-5-13-15(8-12)31-18(17(13)22)20(29)30-3/h4-8H,9H2,1-3H3,(H,23,28). The molecule has 0 saturated carbocycles. The van der Waals surface area contributed by atoms with Gasteiger partial charge in [-0.3, -0.25) is 9.48 Å². The number of ether oxygens (including phenoxy) is 1. The number of anilines is 1. The fourth-order valence-corrected chi connectivity index (χ4v) is 4.82. The van der Waals surface area contributed by atoms with Crippen molar-refractivity contribution >= 4 is 66.5 Å². The molecule has 0 bridgehead atoms. The minimum absolute atomic E-state index is 0.278. The summed E-state index contributed by atoms with van der Waals surface area (Å²) in [5, 5.41) is 12.7. The minimum Gasteiger partial charge on any atom is -0.465 e. The summed E-state index contributed by atoms with van der Waals surface area (Å²) >= 11 is 11.0. The molecule has 1 N–H and O–H groups in total. The molecule has 3 aromatic heterocycles. The van der Waals surface area contributed by atoms with Gasteiger partial charge < -0.3 is 10.1 Å². The molecular weight excluding hydrogens is 506 g/mol. The van der Waals surface area contributed by atoms with E-state index in [0.717, 1.165) is 25.9 Å². The Kier molecular flexibility index (Phi) is 5.87. The van der Waals surface area contributed by atoms with Gasteiger partial charge in [0.15, 0.2) is 5.69 Å². The molecule has 0 atom stereocenters. The molecule has 0 aliphatic carbocycles. The Morgan fingerprint density at radius 2 is 2.03 bits per heavy atom. The molecule has 0 spiro atoms. The first-order valence-electron chi connectivity index (χ1n) is 9.13. The number of hydrogen-bond donors (Lipinski definition) is 1. The van der Waals surface area contributed by atoms with E-state index in [4.69, 9.17) is 16.3 Å². The fraction of sp³-hybridized carbons (Fsp3) is 0.200. The van der Waals surface area contributed by atoms with Gasteiger partial charge in [-0.25, -0.2) is 9.48 Å².